The second kappa shape index (κ2) is 6.37. The molecule has 0 bridgehead atoms. The van der Waals surface area contributed by atoms with Crippen molar-refractivity contribution >= 4 is 11.5 Å². The van der Waals surface area contributed by atoms with Crippen LogP contribution in [-0.4, -0.2) is 44.0 Å². The van der Waals surface area contributed by atoms with Crippen LogP contribution >= 0.6 is 0 Å². The number of benzene rings is 1. The summed E-state index contributed by atoms with van der Waals surface area (Å²) < 4.78 is 5.21. The van der Waals surface area contributed by atoms with Crippen LogP contribution in [0.15, 0.2) is 24.3 Å². The number of nitrogens with one attached hydrogen (secondary N) is 1. The predicted molar refractivity (Wildman–Crippen MR) is 86.5 cm³/mol. The van der Waals surface area contributed by atoms with E-state index in [4.69, 9.17) is 10.1 Å². The van der Waals surface area contributed by atoms with Gasteiger partial charge in [-0.15, -0.1) is 0 Å². The first-order valence-electron chi connectivity index (χ1n) is 8.00. The van der Waals surface area contributed by atoms with Crippen molar-refractivity contribution in [1.29, 1.82) is 5.41 Å². The molecule has 1 aliphatic heterocycles. The standard InChI is InChI=1S/C17H25N3O/c1-21-16-8-6-15(7-9-16)19-10-12-20(13-11-19)17(18)14-4-2-3-5-14/h6-9,14,18H,2-5,10-13H2,1H3. The summed E-state index contributed by atoms with van der Waals surface area (Å²) >= 11 is 0. The molecule has 4 nitrogen and oxygen atoms in total. The molecule has 1 saturated carbocycles. The van der Waals surface area contributed by atoms with Gasteiger partial charge in [0.15, 0.2) is 0 Å². The van der Waals surface area contributed by atoms with Gasteiger partial charge in [0.1, 0.15) is 5.75 Å². The van der Waals surface area contributed by atoms with Crippen molar-refractivity contribution < 1.29 is 4.74 Å². The molecule has 0 aromatic heterocycles. The summed E-state index contributed by atoms with van der Waals surface area (Å²) in [4.78, 5) is 4.69. The largest absolute Gasteiger partial charge is 0.497 e. The Morgan fingerprint density at radius 3 is 2.24 bits per heavy atom. The monoisotopic (exact) mass is 287 g/mol. The van der Waals surface area contributed by atoms with Crippen LogP contribution in [0.25, 0.3) is 0 Å². The van der Waals surface area contributed by atoms with Crippen molar-refractivity contribution in [2.75, 3.05) is 38.2 Å². The van der Waals surface area contributed by atoms with Crippen LogP contribution in [0.2, 0.25) is 0 Å². The van der Waals surface area contributed by atoms with E-state index in [-0.39, 0.29) is 0 Å². The molecule has 0 spiro atoms. The molecule has 0 radical (unpaired) electrons. The number of methoxy groups -OCH3 is 1. The minimum atomic E-state index is 0.525. The molecule has 2 aliphatic rings. The van der Waals surface area contributed by atoms with Gasteiger partial charge in [-0.1, -0.05) is 12.8 Å². The van der Waals surface area contributed by atoms with Gasteiger partial charge < -0.3 is 14.5 Å². The lowest BCUT2D eigenvalue weighted by Crippen LogP contribution is -2.50. The maximum absolute atomic E-state index is 8.39. The van der Waals surface area contributed by atoms with E-state index in [9.17, 15) is 0 Å². The van der Waals surface area contributed by atoms with Gasteiger partial charge in [-0.25, -0.2) is 0 Å². The van der Waals surface area contributed by atoms with Crippen LogP contribution in [0, 0.1) is 11.3 Å². The Morgan fingerprint density at radius 1 is 1.05 bits per heavy atom. The average molecular weight is 287 g/mol. The van der Waals surface area contributed by atoms with E-state index >= 15 is 0 Å². The van der Waals surface area contributed by atoms with E-state index in [1.54, 1.807) is 7.11 Å². The molecule has 0 atom stereocenters. The SMILES string of the molecule is COc1ccc(N2CCN(C(=N)C3CCCC3)CC2)cc1. The fourth-order valence-corrected chi connectivity index (χ4v) is 3.46. The summed E-state index contributed by atoms with van der Waals surface area (Å²) in [6.07, 6.45) is 5.05. The highest BCUT2D eigenvalue weighted by atomic mass is 16.5. The number of hydrogen-bond acceptors (Lipinski definition) is 3. The molecule has 3 rings (SSSR count). The molecule has 0 amide bonds. The van der Waals surface area contributed by atoms with E-state index in [0.717, 1.165) is 37.8 Å². The highest BCUT2D eigenvalue weighted by molar-refractivity contribution is 5.82. The molecule has 1 N–H and O–H groups in total. The van der Waals surface area contributed by atoms with E-state index in [1.807, 2.05) is 12.1 Å². The minimum Gasteiger partial charge on any atom is -0.497 e. The Labute approximate surface area is 127 Å². The van der Waals surface area contributed by atoms with Gasteiger partial charge >= 0.3 is 0 Å². The molecule has 4 heteroatoms. The third-order valence-electron chi connectivity index (χ3n) is 4.80. The Bertz CT molecular complexity index is 471. The normalized spacial score (nSPS) is 19.9. The maximum atomic E-state index is 8.39. The van der Waals surface area contributed by atoms with Gasteiger partial charge in [-0.2, -0.15) is 0 Å². The molecule has 1 aliphatic carbocycles. The number of hydrogen-bond donors (Lipinski definition) is 1. The first-order valence-corrected chi connectivity index (χ1v) is 8.00. The van der Waals surface area contributed by atoms with Gasteiger partial charge in [-0.05, 0) is 37.1 Å². The second-order valence-electron chi connectivity index (χ2n) is 6.04. The molecular formula is C17H25N3O. The maximum Gasteiger partial charge on any atom is 0.119 e. The summed E-state index contributed by atoms with van der Waals surface area (Å²) in [7, 11) is 1.70. The molecule has 1 saturated heterocycles. The molecule has 0 unspecified atom stereocenters. The topological polar surface area (TPSA) is 39.6 Å². The van der Waals surface area contributed by atoms with Gasteiger partial charge in [0.2, 0.25) is 0 Å². The van der Waals surface area contributed by atoms with E-state index in [0.29, 0.717) is 5.92 Å². The first-order chi connectivity index (χ1) is 10.3. The molecular weight excluding hydrogens is 262 g/mol. The molecule has 2 fully saturated rings. The van der Waals surface area contributed by atoms with Crippen LogP contribution in [0.1, 0.15) is 25.7 Å². The predicted octanol–water partition coefficient (Wildman–Crippen LogP) is 2.98. The van der Waals surface area contributed by atoms with Crippen LogP contribution < -0.4 is 9.64 Å². The van der Waals surface area contributed by atoms with Crippen molar-refractivity contribution in [3.05, 3.63) is 24.3 Å². The van der Waals surface area contributed by atoms with Gasteiger partial charge in [0.25, 0.3) is 0 Å². The van der Waals surface area contributed by atoms with E-state index in [2.05, 4.69) is 21.9 Å². The Kier molecular flexibility index (Phi) is 4.32. The van der Waals surface area contributed by atoms with Crippen molar-refractivity contribution in [1.82, 2.24) is 4.90 Å². The molecule has 1 heterocycles. The van der Waals surface area contributed by atoms with Gasteiger partial charge in [-0.3, -0.25) is 5.41 Å². The van der Waals surface area contributed by atoms with E-state index < -0.39 is 0 Å². The summed E-state index contributed by atoms with van der Waals surface area (Å²) in [6.45, 7) is 3.95. The van der Waals surface area contributed by atoms with Crippen molar-refractivity contribution in [3.63, 3.8) is 0 Å². The zero-order valence-corrected chi connectivity index (χ0v) is 12.8. The Balaban J connectivity index is 1.55. The summed E-state index contributed by atoms with van der Waals surface area (Å²) in [5.41, 5.74) is 1.25. The smallest absolute Gasteiger partial charge is 0.119 e. The van der Waals surface area contributed by atoms with Gasteiger partial charge in [0.05, 0.1) is 12.9 Å². The van der Waals surface area contributed by atoms with Crippen LogP contribution in [0.4, 0.5) is 5.69 Å². The van der Waals surface area contributed by atoms with E-state index in [1.165, 1.54) is 31.4 Å². The van der Waals surface area contributed by atoms with Crippen LogP contribution in [-0.2, 0) is 0 Å². The number of rotatable bonds is 3. The quantitative estimate of drug-likeness (QED) is 0.686. The number of nitrogens with zero attached hydrogens (tertiary/aromatic N) is 2. The highest BCUT2D eigenvalue weighted by Crippen LogP contribution is 2.27. The lowest BCUT2D eigenvalue weighted by atomic mass is 10.1. The van der Waals surface area contributed by atoms with Crippen LogP contribution in [0.5, 0.6) is 5.75 Å². The molecule has 1 aromatic rings. The average Bonchev–Trinajstić information content (AvgIpc) is 3.09. The third kappa shape index (κ3) is 3.14. The summed E-state index contributed by atoms with van der Waals surface area (Å²) in [6, 6.07) is 8.28. The van der Waals surface area contributed by atoms with Crippen LogP contribution in [0.3, 0.4) is 0 Å². The fourth-order valence-electron chi connectivity index (χ4n) is 3.46. The number of piperazine rings is 1. The molecule has 21 heavy (non-hydrogen) atoms. The summed E-state index contributed by atoms with van der Waals surface area (Å²) in [5, 5.41) is 8.39. The second-order valence-corrected chi connectivity index (χ2v) is 6.04. The van der Waals surface area contributed by atoms with Crippen molar-refractivity contribution in [2.24, 2.45) is 5.92 Å². The Hall–Kier alpha value is -1.71. The first kappa shape index (κ1) is 14.2. The molecule has 1 aromatic carbocycles. The highest BCUT2D eigenvalue weighted by Gasteiger charge is 2.26. The number of anilines is 1. The third-order valence-corrected chi connectivity index (χ3v) is 4.80. The number of ether oxygens (including phenoxy) is 1. The fraction of sp³-hybridized carbons (Fsp3) is 0.588. The molecule has 114 valence electrons. The zero-order chi connectivity index (χ0) is 14.7. The summed E-state index contributed by atoms with van der Waals surface area (Å²) in [5.74, 6) is 2.32. The lowest BCUT2D eigenvalue weighted by molar-refractivity contribution is 0.362. The van der Waals surface area contributed by atoms with Gasteiger partial charge in [0, 0.05) is 37.8 Å². The minimum absolute atomic E-state index is 0.525. The van der Waals surface area contributed by atoms with Crippen molar-refractivity contribution in [2.45, 2.75) is 25.7 Å². The number of amidine groups is 1. The van der Waals surface area contributed by atoms with Crippen molar-refractivity contribution in [3.8, 4) is 5.75 Å². The zero-order valence-electron chi connectivity index (χ0n) is 12.8. The Morgan fingerprint density at radius 2 is 1.67 bits per heavy atom. The lowest BCUT2D eigenvalue weighted by Gasteiger charge is -2.38.